The Balaban J connectivity index is 3.04. The van der Waals surface area contributed by atoms with E-state index in [1.54, 1.807) is 26.1 Å². The summed E-state index contributed by atoms with van der Waals surface area (Å²) in [7, 11) is 1.68. The molecule has 1 rings (SSSR count). The Kier molecular flexibility index (Phi) is 3.56. The Hall–Kier alpha value is -1.69. The fourth-order valence-corrected chi connectivity index (χ4v) is 1.25. The van der Waals surface area contributed by atoms with Crippen LogP contribution in [0, 0.1) is 17.0 Å². The van der Waals surface area contributed by atoms with Crippen molar-refractivity contribution in [2.45, 2.75) is 6.92 Å². The number of benzene rings is 1. The predicted molar refractivity (Wildman–Crippen MR) is 63.1 cm³/mol. The zero-order chi connectivity index (χ0) is 11.4. The summed E-state index contributed by atoms with van der Waals surface area (Å²) in [5.41, 5.74) is 1.29. The maximum atomic E-state index is 10.7. The molecule has 2 N–H and O–H groups in total. The first-order valence-electron chi connectivity index (χ1n) is 4.29. The molecule has 0 saturated carbocycles. The van der Waals surface area contributed by atoms with Crippen molar-refractivity contribution in [3.63, 3.8) is 0 Å². The van der Waals surface area contributed by atoms with E-state index in [1.165, 1.54) is 6.07 Å². The number of thiocarbonyl (C=S) groups is 1. The third-order valence-corrected chi connectivity index (χ3v) is 2.28. The minimum Gasteiger partial charge on any atom is -0.366 e. The summed E-state index contributed by atoms with van der Waals surface area (Å²) in [4.78, 5) is 10.2. The molecule has 0 heterocycles. The lowest BCUT2D eigenvalue weighted by Gasteiger charge is -2.09. The highest BCUT2D eigenvalue weighted by Crippen LogP contribution is 2.24. The van der Waals surface area contributed by atoms with Crippen molar-refractivity contribution in [2.75, 3.05) is 12.4 Å². The van der Waals surface area contributed by atoms with Gasteiger partial charge in [-0.05, 0) is 25.2 Å². The lowest BCUT2D eigenvalue weighted by atomic mass is 10.1. The Bertz CT molecular complexity index is 406. The van der Waals surface area contributed by atoms with Gasteiger partial charge in [-0.25, -0.2) is 0 Å². The Morgan fingerprint density at radius 2 is 2.20 bits per heavy atom. The topological polar surface area (TPSA) is 67.2 Å². The van der Waals surface area contributed by atoms with Gasteiger partial charge < -0.3 is 10.6 Å². The number of rotatable bonds is 2. The lowest BCUT2D eigenvalue weighted by molar-refractivity contribution is -0.385. The van der Waals surface area contributed by atoms with Crippen LogP contribution < -0.4 is 10.6 Å². The van der Waals surface area contributed by atoms with Crippen LogP contribution in [-0.4, -0.2) is 17.1 Å². The number of nitro benzene ring substituents is 1. The van der Waals surface area contributed by atoms with Gasteiger partial charge in [0.2, 0.25) is 0 Å². The molecule has 0 fully saturated rings. The molecule has 15 heavy (non-hydrogen) atoms. The summed E-state index contributed by atoms with van der Waals surface area (Å²) in [6, 6.07) is 4.82. The van der Waals surface area contributed by atoms with E-state index in [2.05, 4.69) is 10.6 Å². The van der Waals surface area contributed by atoms with E-state index in [4.69, 9.17) is 12.2 Å². The molecule has 80 valence electrons. The number of hydrogen-bond donors (Lipinski definition) is 2. The fourth-order valence-electron chi connectivity index (χ4n) is 1.14. The first kappa shape index (κ1) is 11.4. The molecule has 0 aromatic heterocycles. The number of nitro groups is 1. The molecule has 0 aliphatic heterocycles. The summed E-state index contributed by atoms with van der Waals surface area (Å²) in [6.45, 7) is 1.68. The molecule has 0 bridgehead atoms. The van der Waals surface area contributed by atoms with Gasteiger partial charge in [0.15, 0.2) is 5.11 Å². The second-order valence-corrected chi connectivity index (χ2v) is 3.32. The highest BCUT2D eigenvalue weighted by atomic mass is 32.1. The van der Waals surface area contributed by atoms with E-state index in [-0.39, 0.29) is 5.69 Å². The smallest absolute Gasteiger partial charge is 0.274 e. The molecule has 0 aliphatic carbocycles. The average molecular weight is 225 g/mol. The van der Waals surface area contributed by atoms with Crippen LogP contribution in [0.25, 0.3) is 0 Å². The average Bonchev–Trinajstić information content (AvgIpc) is 2.20. The standard InChI is InChI=1S/C9H11N3O2S/c1-6-7(11-9(15)10-2)4-3-5-8(6)12(13)14/h3-5H,1-2H3,(H2,10,11,15). The minimum atomic E-state index is -0.414. The van der Waals surface area contributed by atoms with Gasteiger partial charge in [-0.3, -0.25) is 10.1 Å². The molecule has 5 nitrogen and oxygen atoms in total. The first-order chi connectivity index (χ1) is 7.06. The van der Waals surface area contributed by atoms with Crippen molar-refractivity contribution in [2.24, 2.45) is 0 Å². The molecule has 6 heteroatoms. The number of hydrogen-bond acceptors (Lipinski definition) is 3. The van der Waals surface area contributed by atoms with E-state index in [9.17, 15) is 10.1 Å². The summed E-state index contributed by atoms with van der Waals surface area (Å²) in [6.07, 6.45) is 0. The molecule has 0 aliphatic rings. The fraction of sp³-hybridized carbons (Fsp3) is 0.222. The Labute approximate surface area is 92.6 Å². The molecule has 0 spiro atoms. The summed E-state index contributed by atoms with van der Waals surface area (Å²) in [5.74, 6) is 0. The molecular formula is C9H11N3O2S. The summed E-state index contributed by atoms with van der Waals surface area (Å²) >= 11 is 4.91. The van der Waals surface area contributed by atoms with E-state index < -0.39 is 4.92 Å². The maximum Gasteiger partial charge on any atom is 0.274 e. The van der Waals surface area contributed by atoms with Gasteiger partial charge in [0.05, 0.1) is 10.5 Å². The second-order valence-electron chi connectivity index (χ2n) is 2.91. The van der Waals surface area contributed by atoms with Crippen LogP contribution in [-0.2, 0) is 0 Å². The van der Waals surface area contributed by atoms with Crippen LogP contribution in [0.1, 0.15) is 5.56 Å². The van der Waals surface area contributed by atoms with Crippen molar-refractivity contribution in [3.8, 4) is 0 Å². The highest BCUT2D eigenvalue weighted by molar-refractivity contribution is 7.80. The van der Waals surface area contributed by atoms with E-state index in [0.29, 0.717) is 16.4 Å². The SMILES string of the molecule is CNC(=S)Nc1cccc([N+](=O)[O-])c1C. The van der Waals surface area contributed by atoms with Crippen LogP contribution in [0.3, 0.4) is 0 Å². The van der Waals surface area contributed by atoms with Gasteiger partial charge in [0.25, 0.3) is 5.69 Å². The van der Waals surface area contributed by atoms with Gasteiger partial charge in [0.1, 0.15) is 0 Å². The van der Waals surface area contributed by atoms with Gasteiger partial charge in [0, 0.05) is 18.8 Å². The third-order valence-electron chi connectivity index (χ3n) is 1.98. The molecule has 1 aromatic carbocycles. The van der Waals surface area contributed by atoms with Gasteiger partial charge in [-0.2, -0.15) is 0 Å². The van der Waals surface area contributed by atoms with Gasteiger partial charge >= 0.3 is 0 Å². The maximum absolute atomic E-state index is 10.7. The molecule has 0 atom stereocenters. The predicted octanol–water partition coefficient (Wildman–Crippen LogP) is 1.82. The quantitative estimate of drug-likeness (QED) is 0.456. The first-order valence-corrected chi connectivity index (χ1v) is 4.70. The second kappa shape index (κ2) is 4.70. The summed E-state index contributed by atoms with van der Waals surface area (Å²) in [5, 5.41) is 16.7. The largest absolute Gasteiger partial charge is 0.366 e. The van der Waals surface area contributed by atoms with Crippen LogP contribution in [0.5, 0.6) is 0 Å². The number of anilines is 1. The normalized spacial score (nSPS) is 9.47. The van der Waals surface area contributed by atoms with E-state index in [0.717, 1.165) is 0 Å². The van der Waals surface area contributed by atoms with Crippen LogP contribution in [0.4, 0.5) is 11.4 Å². The van der Waals surface area contributed by atoms with Crippen LogP contribution in [0.2, 0.25) is 0 Å². The molecule has 0 saturated heterocycles. The zero-order valence-electron chi connectivity index (χ0n) is 8.40. The van der Waals surface area contributed by atoms with Crippen molar-refractivity contribution in [1.29, 1.82) is 0 Å². The monoisotopic (exact) mass is 225 g/mol. The van der Waals surface area contributed by atoms with E-state index >= 15 is 0 Å². The summed E-state index contributed by atoms with van der Waals surface area (Å²) < 4.78 is 0. The highest BCUT2D eigenvalue weighted by Gasteiger charge is 2.13. The molecular weight excluding hydrogens is 214 g/mol. The van der Waals surface area contributed by atoms with Crippen molar-refractivity contribution in [3.05, 3.63) is 33.9 Å². The van der Waals surface area contributed by atoms with Gasteiger partial charge in [-0.1, -0.05) is 6.07 Å². The number of nitrogens with one attached hydrogen (secondary N) is 2. The van der Waals surface area contributed by atoms with Crippen LogP contribution in [0.15, 0.2) is 18.2 Å². The molecule has 0 unspecified atom stereocenters. The number of nitrogens with zero attached hydrogens (tertiary/aromatic N) is 1. The lowest BCUT2D eigenvalue weighted by Crippen LogP contribution is -2.24. The van der Waals surface area contributed by atoms with Crippen molar-refractivity contribution < 1.29 is 4.92 Å². The molecule has 0 amide bonds. The van der Waals surface area contributed by atoms with Crippen LogP contribution >= 0.6 is 12.2 Å². The molecule has 1 aromatic rings. The van der Waals surface area contributed by atoms with E-state index in [1.807, 2.05) is 0 Å². The van der Waals surface area contributed by atoms with Crippen molar-refractivity contribution >= 4 is 28.7 Å². The Morgan fingerprint density at radius 1 is 1.53 bits per heavy atom. The minimum absolute atomic E-state index is 0.0823. The zero-order valence-corrected chi connectivity index (χ0v) is 9.22. The third kappa shape index (κ3) is 2.63. The van der Waals surface area contributed by atoms with Crippen molar-refractivity contribution in [1.82, 2.24) is 5.32 Å². The molecule has 0 radical (unpaired) electrons. The Morgan fingerprint density at radius 3 is 2.73 bits per heavy atom. The van der Waals surface area contributed by atoms with Gasteiger partial charge in [-0.15, -0.1) is 0 Å².